The van der Waals surface area contributed by atoms with E-state index in [1.54, 1.807) is 20.8 Å². The van der Waals surface area contributed by atoms with Gasteiger partial charge in [-0.2, -0.15) is 13.2 Å². The predicted octanol–water partition coefficient (Wildman–Crippen LogP) is 2.61. The van der Waals surface area contributed by atoms with Gasteiger partial charge >= 0.3 is 6.18 Å². The predicted molar refractivity (Wildman–Crippen MR) is 72.5 cm³/mol. The zero-order chi connectivity index (χ0) is 15.6. The first-order valence-electron chi connectivity index (χ1n) is 6.02. The fourth-order valence-corrected chi connectivity index (χ4v) is 1.93. The van der Waals surface area contributed by atoms with Gasteiger partial charge in [0.15, 0.2) is 5.82 Å². The Morgan fingerprint density at radius 3 is 2.40 bits per heavy atom. The maximum Gasteiger partial charge on any atom is 0.405 e. The Kier molecular flexibility index (Phi) is 5.07. The molecule has 20 heavy (non-hydrogen) atoms. The van der Waals surface area contributed by atoms with E-state index in [0.717, 1.165) is 4.90 Å². The minimum Gasteiger partial charge on any atom is -0.342 e. The zero-order valence-corrected chi connectivity index (χ0v) is 12.3. The van der Waals surface area contributed by atoms with Crippen LogP contribution in [-0.4, -0.2) is 34.7 Å². The molecule has 0 bridgehead atoms. The van der Waals surface area contributed by atoms with Gasteiger partial charge in [0.1, 0.15) is 6.54 Å². The molecule has 0 fully saturated rings. The van der Waals surface area contributed by atoms with Gasteiger partial charge in [-0.15, -0.1) is 11.6 Å². The van der Waals surface area contributed by atoms with Gasteiger partial charge in [-0.1, -0.05) is 0 Å². The van der Waals surface area contributed by atoms with Crippen molar-refractivity contribution in [2.75, 3.05) is 23.9 Å². The van der Waals surface area contributed by atoms with Crippen molar-refractivity contribution in [1.82, 2.24) is 9.55 Å². The molecule has 0 unspecified atom stereocenters. The van der Waals surface area contributed by atoms with Crippen molar-refractivity contribution >= 4 is 17.4 Å². The summed E-state index contributed by atoms with van der Waals surface area (Å²) in [5, 5.41) is 0. The topological polar surface area (TPSA) is 38.1 Å². The molecule has 0 aliphatic rings. The Morgan fingerprint density at radius 1 is 1.35 bits per heavy atom. The lowest BCUT2D eigenvalue weighted by atomic mass is 10.1. The van der Waals surface area contributed by atoms with Gasteiger partial charge in [0, 0.05) is 30.4 Å². The first kappa shape index (κ1) is 16.8. The highest BCUT2D eigenvalue weighted by molar-refractivity contribution is 6.18. The second-order valence-electron chi connectivity index (χ2n) is 5.32. The maximum atomic E-state index is 12.6. The van der Waals surface area contributed by atoms with Crippen LogP contribution < -0.4 is 10.5 Å². The molecule has 0 aromatic carbocycles. The molecule has 0 radical (unpaired) electrons. The quantitative estimate of drug-likeness (QED) is 0.802. The lowest BCUT2D eigenvalue weighted by Crippen LogP contribution is -2.43. The van der Waals surface area contributed by atoms with E-state index in [9.17, 15) is 18.0 Å². The van der Waals surface area contributed by atoms with Crippen molar-refractivity contribution < 1.29 is 13.2 Å². The van der Waals surface area contributed by atoms with Crippen LogP contribution >= 0.6 is 11.6 Å². The second-order valence-corrected chi connectivity index (χ2v) is 5.70. The summed E-state index contributed by atoms with van der Waals surface area (Å²) in [6.45, 7) is 4.00. The third kappa shape index (κ3) is 4.40. The summed E-state index contributed by atoms with van der Waals surface area (Å²) in [7, 11) is 0. The summed E-state index contributed by atoms with van der Waals surface area (Å²) in [5.74, 6) is -0.262. The molecule has 0 N–H and O–H groups in total. The first-order valence-corrected chi connectivity index (χ1v) is 6.55. The fourth-order valence-electron chi connectivity index (χ4n) is 1.72. The molecular weight excluding hydrogens is 295 g/mol. The number of anilines is 1. The Hall–Kier alpha value is -1.24. The van der Waals surface area contributed by atoms with Crippen LogP contribution in [0.2, 0.25) is 0 Å². The lowest BCUT2D eigenvalue weighted by Gasteiger charge is -2.27. The molecule has 0 atom stereocenters. The van der Waals surface area contributed by atoms with Crippen molar-refractivity contribution in [3.8, 4) is 0 Å². The highest BCUT2D eigenvalue weighted by atomic mass is 35.5. The zero-order valence-electron chi connectivity index (χ0n) is 11.5. The Bertz CT molecular complexity index is 508. The molecule has 0 aliphatic heterocycles. The van der Waals surface area contributed by atoms with Crippen LogP contribution in [0.25, 0.3) is 0 Å². The van der Waals surface area contributed by atoms with Gasteiger partial charge in [-0.05, 0) is 20.8 Å². The molecule has 4 nitrogen and oxygen atoms in total. The number of aromatic nitrogens is 2. The van der Waals surface area contributed by atoms with E-state index in [1.165, 1.54) is 17.0 Å². The molecule has 1 aromatic heterocycles. The normalized spacial score (nSPS) is 12.6. The van der Waals surface area contributed by atoms with Crippen LogP contribution in [0.5, 0.6) is 0 Å². The minimum absolute atomic E-state index is 0.0262. The first-order chi connectivity index (χ1) is 9.06. The maximum absolute atomic E-state index is 12.6. The smallest absolute Gasteiger partial charge is 0.342 e. The summed E-state index contributed by atoms with van der Waals surface area (Å²) < 4.78 is 39.0. The van der Waals surface area contributed by atoms with Crippen LogP contribution in [0.15, 0.2) is 17.2 Å². The standard InChI is InChI=1S/C12H17ClF3N3O/c1-11(2,3)19-7-5-17-9(10(19)20)18(6-4-13)8-12(14,15)16/h5,7H,4,6,8H2,1-3H3. The van der Waals surface area contributed by atoms with Gasteiger partial charge in [0.2, 0.25) is 0 Å². The van der Waals surface area contributed by atoms with E-state index in [2.05, 4.69) is 4.98 Å². The van der Waals surface area contributed by atoms with Crippen molar-refractivity contribution in [3.63, 3.8) is 0 Å². The van der Waals surface area contributed by atoms with Crippen molar-refractivity contribution in [1.29, 1.82) is 0 Å². The fraction of sp³-hybridized carbons (Fsp3) is 0.667. The summed E-state index contributed by atoms with van der Waals surface area (Å²) in [6, 6.07) is 0. The van der Waals surface area contributed by atoms with Gasteiger partial charge in [-0.3, -0.25) is 4.79 Å². The third-order valence-corrected chi connectivity index (χ3v) is 2.74. The molecule has 1 aromatic rings. The largest absolute Gasteiger partial charge is 0.405 e. The van der Waals surface area contributed by atoms with Crippen LogP contribution in [-0.2, 0) is 5.54 Å². The highest BCUT2D eigenvalue weighted by Crippen LogP contribution is 2.19. The van der Waals surface area contributed by atoms with Gasteiger partial charge < -0.3 is 9.47 Å². The third-order valence-electron chi connectivity index (χ3n) is 2.57. The average Bonchev–Trinajstić information content (AvgIpc) is 2.25. The molecule has 0 saturated heterocycles. The van der Waals surface area contributed by atoms with Gasteiger partial charge in [0.25, 0.3) is 5.56 Å². The van der Waals surface area contributed by atoms with Gasteiger partial charge in [0.05, 0.1) is 0 Å². The monoisotopic (exact) mass is 311 g/mol. The number of alkyl halides is 4. The number of hydrogen-bond acceptors (Lipinski definition) is 3. The van der Waals surface area contributed by atoms with Crippen LogP contribution in [0, 0.1) is 0 Å². The molecule has 0 spiro atoms. The average molecular weight is 312 g/mol. The van der Waals surface area contributed by atoms with Crippen LogP contribution in [0.1, 0.15) is 20.8 Å². The molecule has 1 rings (SSSR count). The van der Waals surface area contributed by atoms with E-state index in [1.807, 2.05) is 0 Å². The number of hydrogen-bond donors (Lipinski definition) is 0. The summed E-state index contributed by atoms with van der Waals surface area (Å²) in [4.78, 5) is 16.9. The lowest BCUT2D eigenvalue weighted by molar-refractivity contribution is -0.119. The SMILES string of the molecule is CC(C)(C)n1ccnc(N(CCCl)CC(F)(F)F)c1=O. The molecule has 0 amide bonds. The van der Waals surface area contributed by atoms with Crippen molar-refractivity contribution in [2.24, 2.45) is 0 Å². The Morgan fingerprint density at radius 2 is 1.95 bits per heavy atom. The molecule has 0 aliphatic carbocycles. The van der Waals surface area contributed by atoms with Gasteiger partial charge in [-0.25, -0.2) is 4.98 Å². The van der Waals surface area contributed by atoms with E-state index < -0.39 is 23.8 Å². The molecule has 0 saturated carbocycles. The minimum atomic E-state index is -4.43. The van der Waals surface area contributed by atoms with E-state index in [-0.39, 0.29) is 18.2 Å². The highest BCUT2D eigenvalue weighted by Gasteiger charge is 2.32. The molecular formula is C12H17ClF3N3O. The van der Waals surface area contributed by atoms with Crippen LogP contribution in [0.3, 0.4) is 0 Å². The van der Waals surface area contributed by atoms with Crippen LogP contribution in [0.4, 0.5) is 19.0 Å². The Balaban J connectivity index is 3.25. The molecule has 114 valence electrons. The van der Waals surface area contributed by atoms with E-state index >= 15 is 0 Å². The number of rotatable bonds is 4. The summed E-state index contributed by atoms with van der Waals surface area (Å²) in [5.41, 5.74) is -1.10. The molecule has 8 heteroatoms. The summed E-state index contributed by atoms with van der Waals surface area (Å²) in [6.07, 6.45) is -1.65. The van der Waals surface area contributed by atoms with E-state index in [0.29, 0.717) is 0 Å². The van der Waals surface area contributed by atoms with E-state index in [4.69, 9.17) is 11.6 Å². The number of nitrogens with zero attached hydrogens (tertiary/aromatic N) is 3. The van der Waals surface area contributed by atoms with Crippen molar-refractivity contribution in [3.05, 3.63) is 22.7 Å². The summed E-state index contributed by atoms with van der Waals surface area (Å²) >= 11 is 5.51. The number of halogens is 4. The second kappa shape index (κ2) is 6.03. The van der Waals surface area contributed by atoms with Crippen molar-refractivity contribution in [2.45, 2.75) is 32.5 Å². The molecule has 1 heterocycles. The Labute approximate surface area is 120 Å².